The minimum atomic E-state index is -0.218. The first-order valence-electron chi connectivity index (χ1n) is 7.75. The van der Waals surface area contributed by atoms with Gasteiger partial charge in [0.25, 0.3) is 0 Å². The van der Waals surface area contributed by atoms with Gasteiger partial charge in [-0.1, -0.05) is 25.1 Å². The molecule has 6 heteroatoms. The molecule has 0 saturated heterocycles. The number of rotatable bonds is 3. The number of hydrogen-bond acceptors (Lipinski definition) is 3. The smallest absolute Gasteiger partial charge is 0.321 e. The highest BCUT2D eigenvalue weighted by Gasteiger charge is 2.20. The van der Waals surface area contributed by atoms with Crippen molar-refractivity contribution < 1.29 is 4.79 Å². The Labute approximate surface area is 129 Å². The van der Waals surface area contributed by atoms with Crippen LogP contribution in [0.15, 0.2) is 36.7 Å². The van der Waals surface area contributed by atoms with Gasteiger partial charge in [-0.2, -0.15) is 0 Å². The zero-order valence-corrected chi connectivity index (χ0v) is 12.7. The van der Waals surface area contributed by atoms with Crippen LogP contribution < -0.4 is 10.6 Å². The Morgan fingerprint density at radius 3 is 2.64 bits per heavy atom. The van der Waals surface area contributed by atoms with E-state index in [2.05, 4.69) is 27.8 Å². The van der Waals surface area contributed by atoms with Gasteiger partial charge in [-0.3, -0.25) is 9.88 Å². The maximum Gasteiger partial charge on any atom is 0.321 e. The first kappa shape index (κ1) is 14.6. The van der Waals surface area contributed by atoms with Gasteiger partial charge in [-0.25, -0.2) is 4.79 Å². The molecule has 1 aliphatic rings. The van der Waals surface area contributed by atoms with Crippen molar-refractivity contribution in [3.05, 3.63) is 36.7 Å². The summed E-state index contributed by atoms with van der Waals surface area (Å²) in [5.41, 5.74) is 0.911. The number of nitrogens with zero attached hydrogens (tertiary/aromatic N) is 3. The third kappa shape index (κ3) is 3.44. The van der Waals surface area contributed by atoms with E-state index in [9.17, 15) is 4.79 Å². The molecule has 2 aromatic rings. The van der Waals surface area contributed by atoms with Gasteiger partial charge >= 0.3 is 6.03 Å². The molecular formula is C16H21N5O. The van der Waals surface area contributed by atoms with Crippen LogP contribution in [0.4, 0.5) is 10.7 Å². The molecule has 0 bridgehead atoms. The molecule has 0 aliphatic heterocycles. The molecule has 116 valence electrons. The van der Waals surface area contributed by atoms with Crippen LogP contribution in [0.1, 0.15) is 32.6 Å². The van der Waals surface area contributed by atoms with Gasteiger partial charge in [-0.05, 0) is 43.7 Å². The quantitative estimate of drug-likeness (QED) is 0.915. The third-order valence-corrected chi connectivity index (χ3v) is 4.16. The average molecular weight is 299 g/mol. The summed E-state index contributed by atoms with van der Waals surface area (Å²) in [6, 6.07) is 9.72. The van der Waals surface area contributed by atoms with E-state index in [0.717, 1.165) is 24.4 Å². The number of carbonyl (C=O) groups is 1. The van der Waals surface area contributed by atoms with Crippen LogP contribution in [-0.2, 0) is 0 Å². The molecule has 1 heterocycles. The molecular weight excluding hydrogens is 278 g/mol. The fourth-order valence-electron chi connectivity index (χ4n) is 2.83. The number of benzene rings is 1. The van der Waals surface area contributed by atoms with Crippen molar-refractivity contribution in [2.75, 3.05) is 5.32 Å². The summed E-state index contributed by atoms with van der Waals surface area (Å²) >= 11 is 0. The molecule has 1 aliphatic carbocycles. The van der Waals surface area contributed by atoms with E-state index >= 15 is 0 Å². The second kappa shape index (κ2) is 6.60. The van der Waals surface area contributed by atoms with Crippen molar-refractivity contribution in [1.29, 1.82) is 0 Å². The van der Waals surface area contributed by atoms with Crippen LogP contribution in [0.25, 0.3) is 5.69 Å². The van der Waals surface area contributed by atoms with Gasteiger partial charge in [-0.15, -0.1) is 10.2 Å². The predicted molar refractivity (Wildman–Crippen MR) is 84.9 cm³/mol. The molecule has 0 spiro atoms. The van der Waals surface area contributed by atoms with E-state index in [1.54, 1.807) is 10.9 Å². The van der Waals surface area contributed by atoms with Gasteiger partial charge in [0.2, 0.25) is 5.95 Å². The number of urea groups is 1. The highest BCUT2D eigenvalue weighted by atomic mass is 16.2. The number of carbonyl (C=O) groups excluding carboxylic acids is 1. The molecule has 6 nitrogen and oxygen atoms in total. The summed E-state index contributed by atoms with van der Waals surface area (Å²) in [7, 11) is 0. The molecule has 0 atom stereocenters. The summed E-state index contributed by atoms with van der Waals surface area (Å²) in [6.07, 6.45) is 6.02. The van der Waals surface area contributed by atoms with Crippen LogP contribution in [-0.4, -0.2) is 26.8 Å². The fourth-order valence-corrected chi connectivity index (χ4v) is 2.83. The van der Waals surface area contributed by atoms with E-state index < -0.39 is 0 Å². The lowest BCUT2D eigenvalue weighted by atomic mass is 9.87. The summed E-state index contributed by atoms with van der Waals surface area (Å²) in [5.74, 6) is 1.19. The SMILES string of the molecule is CC1CCC(NC(=O)Nc2nncn2-c2ccccc2)CC1. The summed E-state index contributed by atoms with van der Waals surface area (Å²) in [4.78, 5) is 12.1. The third-order valence-electron chi connectivity index (χ3n) is 4.16. The van der Waals surface area contributed by atoms with Crippen LogP contribution in [0, 0.1) is 5.92 Å². The van der Waals surface area contributed by atoms with Gasteiger partial charge in [0, 0.05) is 6.04 Å². The largest absolute Gasteiger partial charge is 0.335 e. The molecule has 1 aromatic heterocycles. The van der Waals surface area contributed by atoms with Crippen LogP contribution in [0.3, 0.4) is 0 Å². The zero-order valence-electron chi connectivity index (χ0n) is 12.7. The van der Waals surface area contributed by atoms with Crippen molar-refractivity contribution in [3.8, 4) is 5.69 Å². The zero-order chi connectivity index (χ0) is 15.4. The van der Waals surface area contributed by atoms with Crippen molar-refractivity contribution >= 4 is 12.0 Å². The van der Waals surface area contributed by atoms with Gasteiger partial charge in [0.15, 0.2) is 0 Å². The first-order chi connectivity index (χ1) is 10.7. The molecule has 22 heavy (non-hydrogen) atoms. The Balaban J connectivity index is 1.62. The van der Waals surface area contributed by atoms with Crippen molar-refractivity contribution in [3.63, 3.8) is 0 Å². The van der Waals surface area contributed by atoms with E-state index in [0.29, 0.717) is 5.95 Å². The number of anilines is 1. The number of nitrogens with one attached hydrogen (secondary N) is 2. The Bertz CT molecular complexity index is 616. The highest BCUT2D eigenvalue weighted by molar-refractivity contribution is 5.87. The number of aromatic nitrogens is 3. The second-order valence-corrected chi connectivity index (χ2v) is 5.92. The molecule has 1 saturated carbocycles. The van der Waals surface area contributed by atoms with Crippen molar-refractivity contribution in [1.82, 2.24) is 20.1 Å². The maximum absolute atomic E-state index is 12.1. The standard InChI is InChI=1S/C16H21N5O/c1-12-7-9-13(10-8-12)18-16(22)19-15-20-17-11-21(15)14-5-3-2-4-6-14/h2-6,11-13H,7-10H2,1H3,(H2,18,19,20,22). The maximum atomic E-state index is 12.1. The van der Waals surface area contributed by atoms with Crippen LogP contribution >= 0.6 is 0 Å². The minimum absolute atomic E-state index is 0.218. The monoisotopic (exact) mass is 299 g/mol. The van der Waals surface area contributed by atoms with Crippen molar-refractivity contribution in [2.24, 2.45) is 5.92 Å². The van der Waals surface area contributed by atoms with E-state index in [-0.39, 0.29) is 12.1 Å². The van der Waals surface area contributed by atoms with E-state index in [1.165, 1.54) is 12.8 Å². The molecule has 0 radical (unpaired) electrons. The van der Waals surface area contributed by atoms with Crippen LogP contribution in [0.5, 0.6) is 0 Å². The summed E-state index contributed by atoms with van der Waals surface area (Å²) in [6.45, 7) is 2.26. The molecule has 3 rings (SSSR count). The number of hydrogen-bond donors (Lipinski definition) is 2. The fraction of sp³-hybridized carbons (Fsp3) is 0.438. The van der Waals surface area contributed by atoms with Crippen molar-refractivity contribution in [2.45, 2.75) is 38.6 Å². The molecule has 2 N–H and O–H groups in total. The normalized spacial score (nSPS) is 21.3. The Kier molecular flexibility index (Phi) is 4.37. The Morgan fingerprint density at radius 1 is 1.18 bits per heavy atom. The average Bonchev–Trinajstić information content (AvgIpc) is 2.98. The van der Waals surface area contributed by atoms with E-state index in [4.69, 9.17) is 0 Å². The summed E-state index contributed by atoms with van der Waals surface area (Å²) in [5, 5.41) is 13.7. The number of amides is 2. The highest BCUT2D eigenvalue weighted by Crippen LogP contribution is 2.23. The molecule has 2 amide bonds. The minimum Gasteiger partial charge on any atom is -0.335 e. The lowest BCUT2D eigenvalue weighted by molar-refractivity contribution is 0.239. The molecule has 1 fully saturated rings. The van der Waals surface area contributed by atoms with Gasteiger partial charge < -0.3 is 5.32 Å². The predicted octanol–water partition coefficient (Wildman–Crippen LogP) is 2.97. The molecule has 1 aromatic carbocycles. The Hall–Kier alpha value is -2.37. The summed E-state index contributed by atoms with van der Waals surface area (Å²) < 4.78 is 1.75. The Morgan fingerprint density at radius 2 is 1.91 bits per heavy atom. The number of para-hydroxylation sites is 1. The lowest BCUT2D eigenvalue weighted by Gasteiger charge is -2.26. The van der Waals surface area contributed by atoms with Gasteiger partial charge in [0.05, 0.1) is 5.69 Å². The van der Waals surface area contributed by atoms with Gasteiger partial charge in [0.1, 0.15) is 6.33 Å². The topological polar surface area (TPSA) is 71.8 Å². The van der Waals surface area contributed by atoms with E-state index in [1.807, 2.05) is 30.3 Å². The molecule has 0 unspecified atom stereocenters. The first-order valence-corrected chi connectivity index (χ1v) is 7.75. The second-order valence-electron chi connectivity index (χ2n) is 5.92. The van der Waals surface area contributed by atoms with Crippen LogP contribution in [0.2, 0.25) is 0 Å². The lowest BCUT2D eigenvalue weighted by Crippen LogP contribution is -2.40.